The minimum absolute atomic E-state index is 0.207. The molecule has 1 unspecified atom stereocenters. The summed E-state index contributed by atoms with van der Waals surface area (Å²) in [5.74, 6) is 0. The standard InChI is InChI=1S/C15H19BrN2S/c16-14-8-9-19-15(14)11-18-10-13(17)7-6-12-4-2-1-3-5-12/h1-5,8-9,13,18H,6-7,10-11,17H2. The molecule has 2 rings (SSSR count). The van der Waals surface area contributed by atoms with E-state index in [0.29, 0.717) is 0 Å². The number of aryl methyl sites for hydroxylation is 1. The van der Waals surface area contributed by atoms with Crippen molar-refractivity contribution in [1.82, 2.24) is 5.32 Å². The lowest BCUT2D eigenvalue weighted by molar-refractivity contribution is 0.546. The Morgan fingerprint density at radius 1 is 1.21 bits per heavy atom. The van der Waals surface area contributed by atoms with Gasteiger partial charge in [0.05, 0.1) is 0 Å². The number of benzene rings is 1. The number of rotatable bonds is 7. The molecule has 0 aliphatic carbocycles. The minimum Gasteiger partial charge on any atom is -0.327 e. The molecule has 19 heavy (non-hydrogen) atoms. The smallest absolute Gasteiger partial charge is 0.0327 e. The molecule has 0 bridgehead atoms. The summed E-state index contributed by atoms with van der Waals surface area (Å²) in [6.07, 6.45) is 2.06. The molecule has 1 atom stereocenters. The molecule has 0 saturated carbocycles. The molecule has 0 saturated heterocycles. The molecule has 0 aliphatic rings. The first kappa shape index (κ1) is 14.7. The third kappa shape index (κ3) is 5.07. The second-order valence-electron chi connectivity index (χ2n) is 4.61. The first-order valence-electron chi connectivity index (χ1n) is 6.48. The minimum atomic E-state index is 0.207. The molecule has 3 N–H and O–H groups in total. The van der Waals surface area contributed by atoms with E-state index in [0.717, 1.165) is 25.9 Å². The Kier molecular flexibility index (Phi) is 6.04. The van der Waals surface area contributed by atoms with E-state index in [1.54, 1.807) is 11.3 Å². The maximum Gasteiger partial charge on any atom is 0.0327 e. The average Bonchev–Trinajstić information content (AvgIpc) is 2.83. The summed E-state index contributed by atoms with van der Waals surface area (Å²) in [6.45, 7) is 1.74. The average molecular weight is 339 g/mol. The van der Waals surface area contributed by atoms with Crippen molar-refractivity contribution in [2.75, 3.05) is 6.54 Å². The third-order valence-electron chi connectivity index (χ3n) is 3.03. The van der Waals surface area contributed by atoms with Crippen molar-refractivity contribution in [3.63, 3.8) is 0 Å². The van der Waals surface area contributed by atoms with Gasteiger partial charge in [-0.3, -0.25) is 0 Å². The van der Waals surface area contributed by atoms with Crippen LogP contribution < -0.4 is 11.1 Å². The summed E-state index contributed by atoms with van der Waals surface area (Å²) < 4.78 is 1.18. The number of hydrogen-bond donors (Lipinski definition) is 2. The predicted molar refractivity (Wildman–Crippen MR) is 86.5 cm³/mol. The molecule has 2 aromatic rings. The number of halogens is 1. The highest BCUT2D eigenvalue weighted by Crippen LogP contribution is 2.22. The van der Waals surface area contributed by atoms with E-state index < -0.39 is 0 Å². The van der Waals surface area contributed by atoms with Gasteiger partial charge in [-0.1, -0.05) is 30.3 Å². The Bertz CT molecular complexity index is 484. The van der Waals surface area contributed by atoms with Crippen LogP contribution in [0.25, 0.3) is 0 Å². The van der Waals surface area contributed by atoms with Crippen molar-refractivity contribution in [3.05, 3.63) is 56.7 Å². The highest BCUT2D eigenvalue weighted by atomic mass is 79.9. The van der Waals surface area contributed by atoms with Crippen molar-refractivity contribution in [3.8, 4) is 0 Å². The van der Waals surface area contributed by atoms with E-state index in [2.05, 4.69) is 57.0 Å². The normalized spacial score (nSPS) is 12.5. The molecular weight excluding hydrogens is 320 g/mol. The lowest BCUT2D eigenvalue weighted by Crippen LogP contribution is -2.33. The first-order chi connectivity index (χ1) is 9.25. The van der Waals surface area contributed by atoms with Crippen molar-refractivity contribution in [1.29, 1.82) is 0 Å². The monoisotopic (exact) mass is 338 g/mol. The van der Waals surface area contributed by atoms with E-state index in [4.69, 9.17) is 5.73 Å². The summed E-state index contributed by atoms with van der Waals surface area (Å²) in [4.78, 5) is 1.33. The lowest BCUT2D eigenvalue weighted by atomic mass is 10.1. The van der Waals surface area contributed by atoms with Crippen molar-refractivity contribution < 1.29 is 0 Å². The lowest BCUT2D eigenvalue weighted by Gasteiger charge is -2.12. The maximum atomic E-state index is 6.13. The Morgan fingerprint density at radius 2 is 2.00 bits per heavy atom. The highest BCUT2D eigenvalue weighted by molar-refractivity contribution is 9.10. The van der Waals surface area contributed by atoms with Gasteiger partial charge >= 0.3 is 0 Å². The van der Waals surface area contributed by atoms with Crippen LogP contribution in [-0.2, 0) is 13.0 Å². The van der Waals surface area contributed by atoms with Gasteiger partial charge in [0, 0.05) is 28.5 Å². The van der Waals surface area contributed by atoms with Crippen molar-refractivity contribution in [2.24, 2.45) is 5.73 Å². The van der Waals surface area contributed by atoms with Crippen LogP contribution in [0.2, 0.25) is 0 Å². The number of nitrogens with one attached hydrogen (secondary N) is 1. The van der Waals surface area contributed by atoms with Crippen LogP contribution in [0.4, 0.5) is 0 Å². The van der Waals surface area contributed by atoms with E-state index in [-0.39, 0.29) is 6.04 Å². The van der Waals surface area contributed by atoms with Crippen LogP contribution in [0, 0.1) is 0 Å². The number of thiophene rings is 1. The largest absolute Gasteiger partial charge is 0.327 e. The van der Waals surface area contributed by atoms with Crippen molar-refractivity contribution in [2.45, 2.75) is 25.4 Å². The van der Waals surface area contributed by atoms with Gasteiger partial charge in [-0.05, 0) is 45.8 Å². The highest BCUT2D eigenvalue weighted by Gasteiger charge is 2.05. The number of hydrogen-bond acceptors (Lipinski definition) is 3. The molecule has 4 heteroatoms. The maximum absolute atomic E-state index is 6.13. The fourth-order valence-corrected chi connectivity index (χ4v) is 3.38. The summed E-state index contributed by atoms with van der Waals surface area (Å²) >= 11 is 5.30. The topological polar surface area (TPSA) is 38.0 Å². The van der Waals surface area contributed by atoms with Gasteiger partial charge in [0.1, 0.15) is 0 Å². The molecule has 0 spiro atoms. The number of nitrogens with two attached hydrogens (primary N) is 1. The quantitative estimate of drug-likeness (QED) is 0.809. The Morgan fingerprint density at radius 3 is 2.68 bits per heavy atom. The zero-order valence-electron chi connectivity index (χ0n) is 10.8. The van der Waals surface area contributed by atoms with Gasteiger partial charge in [0.25, 0.3) is 0 Å². The van der Waals surface area contributed by atoms with E-state index >= 15 is 0 Å². The van der Waals surface area contributed by atoms with E-state index in [1.807, 2.05) is 6.07 Å². The van der Waals surface area contributed by atoms with Gasteiger partial charge < -0.3 is 11.1 Å². The van der Waals surface area contributed by atoms with Crippen LogP contribution in [0.1, 0.15) is 16.9 Å². The van der Waals surface area contributed by atoms with Gasteiger partial charge in [0.15, 0.2) is 0 Å². The van der Waals surface area contributed by atoms with Crippen LogP contribution in [0.3, 0.4) is 0 Å². The SMILES string of the molecule is NC(CCc1ccccc1)CNCc1sccc1Br. The zero-order chi connectivity index (χ0) is 13.5. The molecule has 0 radical (unpaired) electrons. The van der Waals surface area contributed by atoms with E-state index in [9.17, 15) is 0 Å². The van der Waals surface area contributed by atoms with Gasteiger partial charge in [-0.2, -0.15) is 0 Å². The molecule has 1 aromatic carbocycles. The van der Waals surface area contributed by atoms with Crippen LogP contribution >= 0.6 is 27.3 Å². The molecule has 1 aromatic heterocycles. The third-order valence-corrected chi connectivity index (χ3v) is 4.96. The van der Waals surface area contributed by atoms with Crippen LogP contribution in [0.5, 0.6) is 0 Å². The van der Waals surface area contributed by atoms with Crippen LogP contribution in [-0.4, -0.2) is 12.6 Å². The molecule has 0 aliphatic heterocycles. The zero-order valence-corrected chi connectivity index (χ0v) is 13.2. The Hall–Kier alpha value is -0.680. The fraction of sp³-hybridized carbons (Fsp3) is 0.333. The molecule has 1 heterocycles. The molecule has 2 nitrogen and oxygen atoms in total. The summed E-state index contributed by atoms with van der Waals surface area (Å²) in [7, 11) is 0. The molecular formula is C15H19BrN2S. The molecule has 0 amide bonds. The Balaban J connectivity index is 1.65. The van der Waals surface area contributed by atoms with Crippen LogP contribution in [0.15, 0.2) is 46.3 Å². The summed E-state index contributed by atoms with van der Waals surface area (Å²) in [5, 5.41) is 5.51. The van der Waals surface area contributed by atoms with E-state index in [1.165, 1.54) is 14.9 Å². The predicted octanol–water partition coefficient (Wildman–Crippen LogP) is 3.56. The van der Waals surface area contributed by atoms with Gasteiger partial charge in [0.2, 0.25) is 0 Å². The first-order valence-corrected chi connectivity index (χ1v) is 8.15. The molecule has 102 valence electrons. The second kappa shape index (κ2) is 7.80. The van der Waals surface area contributed by atoms with Gasteiger partial charge in [-0.25, -0.2) is 0 Å². The van der Waals surface area contributed by atoms with Crippen molar-refractivity contribution >= 4 is 27.3 Å². The Labute approximate surface area is 127 Å². The summed E-state index contributed by atoms with van der Waals surface area (Å²) in [5.41, 5.74) is 7.49. The second-order valence-corrected chi connectivity index (χ2v) is 6.46. The van der Waals surface area contributed by atoms with Gasteiger partial charge in [-0.15, -0.1) is 11.3 Å². The fourth-order valence-electron chi connectivity index (χ4n) is 1.92. The summed E-state index contributed by atoms with van der Waals surface area (Å²) in [6, 6.07) is 12.8. The molecule has 0 fully saturated rings.